The Morgan fingerprint density at radius 1 is 1.40 bits per heavy atom. The number of piperidine rings is 1. The number of ether oxygens (including phenoxy) is 2. The van der Waals surface area contributed by atoms with E-state index in [2.05, 4.69) is 4.98 Å². The number of hydrogen-bond donors (Lipinski definition) is 1. The molecule has 2 saturated heterocycles. The van der Waals surface area contributed by atoms with E-state index >= 15 is 0 Å². The van der Waals surface area contributed by atoms with E-state index in [0.29, 0.717) is 18.7 Å². The molecule has 1 N–H and O–H groups in total. The number of H-pyrrole nitrogens is 1. The van der Waals surface area contributed by atoms with Crippen LogP contribution in [0, 0.1) is 6.92 Å². The van der Waals surface area contributed by atoms with Gasteiger partial charge >= 0.3 is 5.69 Å². The third-order valence-corrected chi connectivity index (χ3v) is 5.33. The van der Waals surface area contributed by atoms with E-state index in [1.807, 2.05) is 0 Å². The minimum atomic E-state index is -0.563. The molecular weight excluding hydrogens is 326 g/mol. The number of nitrogens with zero attached hydrogens (tertiary/aromatic N) is 2. The van der Waals surface area contributed by atoms with Crippen molar-refractivity contribution in [2.45, 2.75) is 50.9 Å². The van der Waals surface area contributed by atoms with Crippen LogP contribution >= 0.6 is 0 Å². The molecule has 1 amide bonds. The molecule has 8 heteroatoms. The molecule has 25 heavy (non-hydrogen) atoms. The summed E-state index contributed by atoms with van der Waals surface area (Å²) in [6.45, 7) is 3.43. The van der Waals surface area contributed by atoms with Gasteiger partial charge in [0.1, 0.15) is 6.54 Å². The lowest BCUT2D eigenvalue weighted by atomic mass is 9.82. The van der Waals surface area contributed by atoms with Crippen LogP contribution in [0.5, 0.6) is 0 Å². The fourth-order valence-electron chi connectivity index (χ4n) is 3.82. The van der Waals surface area contributed by atoms with Crippen LogP contribution < -0.4 is 11.2 Å². The van der Waals surface area contributed by atoms with Crippen LogP contribution in [0.2, 0.25) is 0 Å². The Balaban J connectivity index is 1.65. The number of aryl methyl sites for hydroxylation is 1. The molecule has 0 aliphatic carbocycles. The second-order valence-corrected chi connectivity index (χ2v) is 6.86. The first kappa shape index (κ1) is 17.9. The van der Waals surface area contributed by atoms with Crippen LogP contribution in [0.25, 0.3) is 0 Å². The van der Waals surface area contributed by atoms with Crippen molar-refractivity contribution in [3.8, 4) is 0 Å². The van der Waals surface area contributed by atoms with Gasteiger partial charge in [0.15, 0.2) is 0 Å². The Bertz CT molecular complexity index is 745. The minimum Gasteiger partial charge on any atom is -0.378 e. The van der Waals surface area contributed by atoms with Crippen LogP contribution in [-0.2, 0) is 20.8 Å². The van der Waals surface area contributed by atoms with E-state index in [1.54, 1.807) is 18.9 Å². The second kappa shape index (κ2) is 7.13. The predicted molar refractivity (Wildman–Crippen MR) is 90.6 cm³/mol. The van der Waals surface area contributed by atoms with Crippen LogP contribution in [0.15, 0.2) is 15.8 Å². The average Bonchev–Trinajstić information content (AvgIpc) is 2.60. The highest BCUT2D eigenvalue weighted by Gasteiger charge is 2.45. The van der Waals surface area contributed by atoms with E-state index in [9.17, 15) is 14.4 Å². The zero-order valence-corrected chi connectivity index (χ0v) is 14.7. The maximum atomic E-state index is 12.5. The minimum absolute atomic E-state index is 0.0714. The summed E-state index contributed by atoms with van der Waals surface area (Å²) in [6, 6.07) is 0. The van der Waals surface area contributed by atoms with E-state index < -0.39 is 11.2 Å². The van der Waals surface area contributed by atoms with E-state index in [1.165, 1.54) is 10.8 Å². The summed E-state index contributed by atoms with van der Waals surface area (Å²) in [7, 11) is 1.71. The highest BCUT2D eigenvalue weighted by Crippen LogP contribution is 2.36. The van der Waals surface area contributed by atoms with E-state index in [-0.39, 0.29) is 24.2 Å². The molecule has 2 fully saturated rings. The number of aromatic nitrogens is 2. The smallest absolute Gasteiger partial charge is 0.328 e. The molecule has 2 aliphatic heterocycles. The number of methoxy groups -OCH3 is 1. The van der Waals surface area contributed by atoms with Crippen molar-refractivity contribution in [2.75, 3.05) is 26.8 Å². The lowest BCUT2D eigenvalue weighted by Gasteiger charge is -2.48. The molecular formula is C17H25N3O5. The van der Waals surface area contributed by atoms with Gasteiger partial charge < -0.3 is 14.4 Å². The molecule has 0 bridgehead atoms. The van der Waals surface area contributed by atoms with Crippen molar-refractivity contribution in [3.63, 3.8) is 0 Å². The summed E-state index contributed by atoms with van der Waals surface area (Å²) in [5, 5.41) is 0. The Hall–Kier alpha value is -1.93. The average molecular weight is 351 g/mol. The van der Waals surface area contributed by atoms with Crippen molar-refractivity contribution >= 4 is 5.91 Å². The van der Waals surface area contributed by atoms with Crippen molar-refractivity contribution in [2.24, 2.45) is 0 Å². The fourth-order valence-corrected chi connectivity index (χ4v) is 3.82. The number of nitrogens with one attached hydrogen (secondary N) is 1. The van der Waals surface area contributed by atoms with Crippen LogP contribution in [0.4, 0.5) is 0 Å². The maximum Gasteiger partial charge on any atom is 0.328 e. The first-order valence-corrected chi connectivity index (χ1v) is 8.70. The molecule has 3 rings (SSSR count). The Morgan fingerprint density at radius 2 is 2.12 bits per heavy atom. The van der Waals surface area contributed by atoms with Gasteiger partial charge in [-0.25, -0.2) is 4.79 Å². The Kier molecular flexibility index (Phi) is 5.10. The first-order valence-electron chi connectivity index (χ1n) is 8.70. The molecule has 0 radical (unpaired) electrons. The molecule has 1 atom stereocenters. The maximum absolute atomic E-state index is 12.5. The van der Waals surface area contributed by atoms with E-state index in [0.717, 1.165) is 32.3 Å². The highest BCUT2D eigenvalue weighted by atomic mass is 16.5. The molecule has 0 aromatic carbocycles. The summed E-state index contributed by atoms with van der Waals surface area (Å²) in [6.07, 6.45) is 4.94. The Morgan fingerprint density at radius 3 is 2.80 bits per heavy atom. The number of aromatic amines is 1. The van der Waals surface area contributed by atoms with Crippen LogP contribution in [-0.4, -0.2) is 58.9 Å². The molecule has 1 aromatic heterocycles. The summed E-state index contributed by atoms with van der Waals surface area (Å²) in [4.78, 5) is 39.8. The summed E-state index contributed by atoms with van der Waals surface area (Å²) in [5.74, 6) is -0.131. The van der Waals surface area contributed by atoms with Gasteiger partial charge in [0, 0.05) is 38.6 Å². The highest BCUT2D eigenvalue weighted by molar-refractivity contribution is 5.76. The number of likely N-dealkylation sites (tertiary alicyclic amines) is 1. The van der Waals surface area contributed by atoms with Gasteiger partial charge in [-0.2, -0.15) is 0 Å². The SMILES string of the molecule is CO[C@H]1CCCOC12CCN(C(=O)Cn1cc(C)c(=O)[nH]c1=O)CC2. The zero-order valence-electron chi connectivity index (χ0n) is 14.7. The molecule has 1 spiro atoms. The zero-order chi connectivity index (χ0) is 18.0. The normalized spacial score (nSPS) is 23.0. The van der Waals surface area contributed by atoms with Crippen molar-refractivity contribution < 1.29 is 14.3 Å². The van der Waals surface area contributed by atoms with Gasteiger partial charge in [-0.1, -0.05) is 0 Å². The third-order valence-electron chi connectivity index (χ3n) is 5.33. The Labute approximate surface area is 145 Å². The van der Waals surface area contributed by atoms with Crippen molar-refractivity contribution in [1.82, 2.24) is 14.5 Å². The summed E-state index contributed by atoms with van der Waals surface area (Å²) >= 11 is 0. The molecule has 0 saturated carbocycles. The standard InChI is InChI=1S/C17H25N3O5/c1-12-10-20(16(23)18-15(12)22)11-14(21)19-7-5-17(6-8-19)13(24-2)4-3-9-25-17/h10,13H,3-9,11H2,1-2H3,(H,18,22,23)/t13-/m0/s1. The van der Waals surface area contributed by atoms with E-state index in [4.69, 9.17) is 9.47 Å². The van der Waals surface area contributed by atoms with Gasteiger partial charge in [-0.3, -0.25) is 19.1 Å². The summed E-state index contributed by atoms with van der Waals surface area (Å²) < 4.78 is 12.9. The largest absolute Gasteiger partial charge is 0.378 e. The second-order valence-electron chi connectivity index (χ2n) is 6.86. The predicted octanol–water partition coefficient (Wildman–Crippen LogP) is 0.0316. The fraction of sp³-hybridized carbons (Fsp3) is 0.706. The van der Waals surface area contributed by atoms with Gasteiger partial charge in [0.05, 0.1) is 11.7 Å². The summed E-state index contributed by atoms with van der Waals surface area (Å²) in [5.41, 5.74) is -0.875. The first-order chi connectivity index (χ1) is 11.9. The van der Waals surface area contributed by atoms with Crippen LogP contribution in [0.3, 0.4) is 0 Å². The van der Waals surface area contributed by atoms with Gasteiger partial charge in [-0.15, -0.1) is 0 Å². The number of rotatable bonds is 3. The number of hydrogen-bond acceptors (Lipinski definition) is 5. The third kappa shape index (κ3) is 3.55. The van der Waals surface area contributed by atoms with Crippen LogP contribution in [0.1, 0.15) is 31.2 Å². The lowest BCUT2D eigenvalue weighted by molar-refractivity contribution is -0.188. The molecule has 8 nitrogen and oxygen atoms in total. The van der Waals surface area contributed by atoms with Gasteiger partial charge in [0.25, 0.3) is 5.56 Å². The van der Waals surface area contributed by atoms with Gasteiger partial charge in [0.2, 0.25) is 5.91 Å². The monoisotopic (exact) mass is 351 g/mol. The molecule has 0 unspecified atom stereocenters. The molecule has 1 aromatic rings. The van der Waals surface area contributed by atoms with Gasteiger partial charge in [-0.05, 0) is 32.6 Å². The number of carbonyl (C=O) groups excluding carboxylic acids is 1. The lowest BCUT2D eigenvalue weighted by Crippen LogP contribution is -2.57. The molecule has 138 valence electrons. The number of carbonyl (C=O) groups is 1. The van der Waals surface area contributed by atoms with Crippen molar-refractivity contribution in [1.29, 1.82) is 0 Å². The number of amides is 1. The quantitative estimate of drug-likeness (QED) is 0.829. The topological polar surface area (TPSA) is 93.6 Å². The molecule has 3 heterocycles. The molecule has 2 aliphatic rings. The van der Waals surface area contributed by atoms with Crippen molar-refractivity contribution in [3.05, 3.63) is 32.6 Å².